The van der Waals surface area contributed by atoms with E-state index < -0.39 is 11.7 Å². The number of nitrogens with zero attached hydrogens (tertiary/aromatic N) is 1. The topological polar surface area (TPSA) is 74.8 Å². The summed E-state index contributed by atoms with van der Waals surface area (Å²) >= 11 is 0. The molecule has 6 heteroatoms. The minimum atomic E-state index is -0.541. The molecule has 0 aliphatic rings. The largest absolute Gasteiger partial charge is 0.444 e. The summed E-state index contributed by atoms with van der Waals surface area (Å²) in [5.74, 6) is 0.641. The second kappa shape index (κ2) is 9.60. The first-order valence-electron chi connectivity index (χ1n) is 7.95. The lowest BCUT2D eigenvalue weighted by Crippen LogP contribution is -2.44. The van der Waals surface area contributed by atoms with Gasteiger partial charge in [0, 0.05) is 20.1 Å². The molecule has 0 saturated heterocycles. The maximum absolute atomic E-state index is 12.1. The van der Waals surface area contributed by atoms with Gasteiger partial charge in [0.05, 0.1) is 6.04 Å². The normalized spacial score (nSPS) is 12.9. The summed E-state index contributed by atoms with van der Waals surface area (Å²) in [5.41, 5.74) is 0.440. The van der Waals surface area contributed by atoms with Gasteiger partial charge in [-0.25, -0.2) is 4.79 Å². The van der Waals surface area contributed by atoms with Gasteiger partial charge in [-0.1, -0.05) is 36.4 Å². The summed E-state index contributed by atoms with van der Waals surface area (Å²) in [6.07, 6.45) is 1.30. The third kappa shape index (κ3) is 7.67. The van der Waals surface area contributed by atoms with E-state index in [4.69, 9.17) is 4.74 Å². The van der Waals surface area contributed by atoms with Crippen molar-refractivity contribution in [3.05, 3.63) is 48.6 Å². The van der Waals surface area contributed by atoms with Gasteiger partial charge in [0.2, 0.25) is 0 Å². The van der Waals surface area contributed by atoms with Crippen molar-refractivity contribution in [2.24, 2.45) is 4.99 Å². The summed E-state index contributed by atoms with van der Waals surface area (Å²) in [4.78, 5) is 16.2. The molecular formula is C18H28N4O2. The van der Waals surface area contributed by atoms with E-state index in [2.05, 4.69) is 27.5 Å². The van der Waals surface area contributed by atoms with Crippen molar-refractivity contribution in [2.75, 3.05) is 20.1 Å². The van der Waals surface area contributed by atoms with Crippen LogP contribution < -0.4 is 16.0 Å². The molecule has 0 spiro atoms. The molecule has 1 aromatic carbocycles. The number of carbonyl (C=O) groups excluding carboxylic acids is 1. The standard InChI is InChI=1S/C18H28N4O2/c1-6-12-20-16(19-5)21-13-15(14-10-8-7-9-11-14)22-17(23)24-18(2,3)4/h6-11,15H,1,12-13H2,2-5H3,(H,22,23)(H2,19,20,21). The highest BCUT2D eigenvalue weighted by atomic mass is 16.6. The maximum atomic E-state index is 12.1. The molecule has 1 amide bonds. The molecule has 0 bridgehead atoms. The molecule has 0 aliphatic carbocycles. The zero-order valence-corrected chi connectivity index (χ0v) is 14.9. The Morgan fingerprint density at radius 3 is 2.50 bits per heavy atom. The third-order valence-electron chi connectivity index (χ3n) is 3.00. The van der Waals surface area contributed by atoms with Crippen molar-refractivity contribution in [1.29, 1.82) is 0 Å². The molecule has 0 aliphatic heterocycles. The van der Waals surface area contributed by atoms with Crippen LogP contribution in [0.1, 0.15) is 32.4 Å². The smallest absolute Gasteiger partial charge is 0.408 e. The molecule has 1 unspecified atom stereocenters. The molecule has 1 aromatic rings. The van der Waals surface area contributed by atoms with Crippen LogP contribution in [0.4, 0.5) is 4.79 Å². The summed E-state index contributed by atoms with van der Waals surface area (Å²) in [5, 5.41) is 9.18. The zero-order chi connectivity index (χ0) is 18.0. The Morgan fingerprint density at radius 1 is 1.29 bits per heavy atom. The first-order valence-corrected chi connectivity index (χ1v) is 7.95. The fraction of sp³-hybridized carbons (Fsp3) is 0.444. The molecule has 0 fully saturated rings. The van der Waals surface area contributed by atoms with E-state index in [1.165, 1.54) is 0 Å². The van der Waals surface area contributed by atoms with Crippen LogP contribution >= 0.6 is 0 Å². The summed E-state index contributed by atoms with van der Waals surface area (Å²) < 4.78 is 5.35. The fourth-order valence-corrected chi connectivity index (χ4v) is 1.98. The zero-order valence-electron chi connectivity index (χ0n) is 14.9. The Hall–Kier alpha value is -2.50. The molecule has 1 atom stereocenters. The van der Waals surface area contributed by atoms with Gasteiger partial charge < -0.3 is 20.7 Å². The minimum Gasteiger partial charge on any atom is -0.444 e. The number of benzene rings is 1. The molecule has 6 nitrogen and oxygen atoms in total. The first-order chi connectivity index (χ1) is 11.4. The molecule has 24 heavy (non-hydrogen) atoms. The molecule has 1 rings (SSSR count). The molecule has 0 saturated carbocycles. The number of rotatable bonds is 6. The van der Waals surface area contributed by atoms with Crippen LogP contribution in [0.3, 0.4) is 0 Å². The van der Waals surface area contributed by atoms with Crippen LogP contribution in [0.2, 0.25) is 0 Å². The first kappa shape index (κ1) is 19.5. The third-order valence-corrected chi connectivity index (χ3v) is 3.00. The highest BCUT2D eigenvalue weighted by Crippen LogP contribution is 2.14. The Balaban J connectivity index is 2.76. The van der Waals surface area contributed by atoms with E-state index in [1.807, 2.05) is 51.1 Å². The van der Waals surface area contributed by atoms with Crippen LogP contribution in [0.15, 0.2) is 48.0 Å². The molecule has 3 N–H and O–H groups in total. The van der Waals surface area contributed by atoms with Crippen molar-refractivity contribution in [2.45, 2.75) is 32.4 Å². The van der Waals surface area contributed by atoms with E-state index >= 15 is 0 Å². The van der Waals surface area contributed by atoms with Crippen molar-refractivity contribution in [3.8, 4) is 0 Å². The fourth-order valence-electron chi connectivity index (χ4n) is 1.98. The second-order valence-electron chi connectivity index (χ2n) is 6.23. The molecule has 132 valence electrons. The van der Waals surface area contributed by atoms with Crippen molar-refractivity contribution in [3.63, 3.8) is 0 Å². The lowest BCUT2D eigenvalue weighted by molar-refractivity contribution is 0.0504. The maximum Gasteiger partial charge on any atom is 0.408 e. The van der Waals surface area contributed by atoms with Gasteiger partial charge in [0.1, 0.15) is 5.60 Å². The van der Waals surface area contributed by atoms with E-state index in [0.717, 1.165) is 5.56 Å². The van der Waals surface area contributed by atoms with Crippen LogP contribution in [-0.4, -0.2) is 37.8 Å². The van der Waals surface area contributed by atoms with E-state index in [1.54, 1.807) is 13.1 Å². The highest BCUT2D eigenvalue weighted by Gasteiger charge is 2.20. The minimum absolute atomic E-state index is 0.247. The Morgan fingerprint density at radius 2 is 1.96 bits per heavy atom. The van der Waals surface area contributed by atoms with Crippen LogP contribution in [0, 0.1) is 0 Å². The van der Waals surface area contributed by atoms with Gasteiger partial charge >= 0.3 is 6.09 Å². The number of nitrogens with one attached hydrogen (secondary N) is 3. The van der Waals surface area contributed by atoms with E-state index in [0.29, 0.717) is 19.0 Å². The van der Waals surface area contributed by atoms with Crippen LogP contribution in [-0.2, 0) is 4.74 Å². The monoisotopic (exact) mass is 332 g/mol. The van der Waals surface area contributed by atoms with Gasteiger partial charge in [0.25, 0.3) is 0 Å². The highest BCUT2D eigenvalue weighted by molar-refractivity contribution is 5.79. The number of guanidine groups is 1. The quantitative estimate of drug-likeness (QED) is 0.425. The number of ether oxygens (including phenoxy) is 1. The average Bonchev–Trinajstić information content (AvgIpc) is 2.53. The Bertz CT molecular complexity index is 550. The summed E-state index contributed by atoms with van der Waals surface area (Å²) in [6, 6.07) is 9.48. The molecule has 0 radical (unpaired) electrons. The molecule has 0 aromatic heterocycles. The SMILES string of the molecule is C=CCNC(=NC)NCC(NC(=O)OC(C)(C)C)c1ccccc1. The van der Waals surface area contributed by atoms with Crippen LogP contribution in [0.5, 0.6) is 0 Å². The number of hydrogen-bond acceptors (Lipinski definition) is 3. The molecule has 0 heterocycles. The predicted octanol–water partition coefficient (Wildman–Crippen LogP) is 2.60. The van der Waals surface area contributed by atoms with Crippen molar-refractivity contribution < 1.29 is 9.53 Å². The van der Waals surface area contributed by atoms with Crippen LogP contribution in [0.25, 0.3) is 0 Å². The number of carbonyl (C=O) groups is 1. The lowest BCUT2D eigenvalue weighted by atomic mass is 10.1. The Labute approximate surface area is 144 Å². The van der Waals surface area contributed by atoms with E-state index in [9.17, 15) is 4.79 Å². The predicted molar refractivity (Wildman–Crippen MR) is 98.1 cm³/mol. The number of aliphatic imine (C=N–C) groups is 1. The van der Waals surface area contributed by atoms with Gasteiger partial charge in [-0.05, 0) is 26.3 Å². The van der Waals surface area contributed by atoms with Gasteiger partial charge in [-0.3, -0.25) is 4.99 Å². The van der Waals surface area contributed by atoms with Crippen molar-refractivity contribution in [1.82, 2.24) is 16.0 Å². The number of amides is 1. The molecular weight excluding hydrogens is 304 g/mol. The van der Waals surface area contributed by atoms with Gasteiger partial charge in [-0.2, -0.15) is 0 Å². The lowest BCUT2D eigenvalue weighted by Gasteiger charge is -2.24. The Kier molecular flexibility index (Phi) is 7.82. The number of alkyl carbamates (subject to hydrolysis) is 1. The summed E-state index contributed by atoms with van der Waals surface area (Å²) in [6.45, 7) is 10.3. The van der Waals surface area contributed by atoms with E-state index in [-0.39, 0.29) is 6.04 Å². The summed E-state index contributed by atoms with van der Waals surface area (Å²) in [7, 11) is 1.69. The number of hydrogen-bond donors (Lipinski definition) is 3. The van der Waals surface area contributed by atoms with Gasteiger partial charge in [-0.15, -0.1) is 6.58 Å². The average molecular weight is 332 g/mol. The van der Waals surface area contributed by atoms with Gasteiger partial charge in [0.15, 0.2) is 5.96 Å². The van der Waals surface area contributed by atoms with Crippen molar-refractivity contribution >= 4 is 12.1 Å². The second-order valence-corrected chi connectivity index (χ2v) is 6.23.